The molecule has 0 saturated heterocycles. The summed E-state index contributed by atoms with van der Waals surface area (Å²) in [6.45, 7) is 0. The van der Waals surface area contributed by atoms with E-state index in [2.05, 4.69) is 26.1 Å². The monoisotopic (exact) mass is 384 g/mol. The summed E-state index contributed by atoms with van der Waals surface area (Å²) in [4.78, 5) is 12.1. The second kappa shape index (κ2) is 7.53. The highest BCUT2D eigenvalue weighted by atomic mass is 79.9. The van der Waals surface area contributed by atoms with Crippen molar-refractivity contribution in [3.63, 3.8) is 0 Å². The molecule has 0 spiro atoms. The molecular formula is C18H13BrN2OS. The lowest BCUT2D eigenvalue weighted by Crippen LogP contribution is -2.02. The molecule has 2 aromatic carbocycles. The highest BCUT2D eigenvalue weighted by molar-refractivity contribution is 9.10. The van der Waals surface area contributed by atoms with Crippen molar-refractivity contribution in [2.24, 2.45) is 0 Å². The Balaban J connectivity index is 1.65. The molecule has 0 unspecified atom stereocenters. The first-order chi connectivity index (χ1) is 11.2. The van der Waals surface area contributed by atoms with Gasteiger partial charge in [-0.15, -0.1) is 10.2 Å². The minimum absolute atomic E-state index is 0.0912. The summed E-state index contributed by atoms with van der Waals surface area (Å²) < 4.78 is 1.00. The zero-order valence-electron chi connectivity index (χ0n) is 12.1. The molecule has 3 aromatic rings. The molecule has 0 aliphatic rings. The van der Waals surface area contributed by atoms with Gasteiger partial charge in [-0.05, 0) is 24.3 Å². The number of thioether (sulfide) groups is 1. The van der Waals surface area contributed by atoms with E-state index in [9.17, 15) is 4.79 Å². The van der Waals surface area contributed by atoms with Crippen molar-refractivity contribution < 1.29 is 4.79 Å². The fourth-order valence-corrected chi connectivity index (χ4v) is 3.15. The number of aromatic nitrogens is 2. The predicted molar refractivity (Wildman–Crippen MR) is 96.7 cm³/mol. The van der Waals surface area contributed by atoms with Gasteiger partial charge in [0.05, 0.1) is 11.4 Å². The van der Waals surface area contributed by atoms with Gasteiger partial charge in [0.2, 0.25) is 0 Å². The Hall–Kier alpha value is -1.98. The second-order valence-corrected chi connectivity index (χ2v) is 6.76. The smallest absolute Gasteiger partial charge is 0.173 e. The first-order valence-electron chi connectivity index (χ1n) is 7.03. The molecule has 3 nitrogen and oxygen atoms in total. The number of carbonyl (C=O) groups excluding carboxylic acids is 1. The molecule has 0 amide bonds. The van der Waals surface area contributed by atoms with E-state index in [0.717, 1.165) is 26.3 Å². The van der Waals surface area contributed by atoms with Crippen LogP contribution in [0.1, 0.15) is 10.4 Å². The van der Waals surface area contributed by atoms with Gasteiger partial charge in [0.25, 0.3) is 0 Å². The van der Waals surface area contributed by atoms with Crippen molar-refractivity contribution in [1.29, 1.82) is 0 Å². The van der Waals surface area contributed by atoms with Crippen LogP contribution in [0.2, 0.25) is 0 Å². The quantitative estimate of drug-likeness (QED) is 0.464. The normalized spacial score (nSPS) is 10.5. The van der Waals surface area contributed by atoms with Gasteiger partial charge in [-0.2, -0.15) is 0 Å². The van der Waals surface area contributed by atoms with Crippen molar-refractivity contribution in [3.8, 4) is 11.3 Å². The van der Waals surface area contributed by atoms with Crippen molar-refractivity contribution in [3.05, 3.63) is 76.8 Å². The van der Waals surface area contributed by atoms with Crippen molar-refractivity contribution >= 4 is 33.5 Å². The van der Waals surface area contributed by atoms with E-state index in [-0.39, 0.29) is 5.78 Å². The van der Waals surface area contributed by atoms with Gasteiger partial charge >= 0.3 is 0 Å². The van der Waals surface area contributed by atoms with Crippen LogP contribution in [-0.2, 0) is 0 Å². The number of ketones is 1. The molecular weight excluding hydrogens is 372 g/mol. The lowest BCUT2D eigenvalue weighted by atomic mass is 10.1. The maximum atomic E-state index is 12.1. The van der Waals surface area contributed by atoms with Crippen LogP contribution in [0.3, 0.4) is 0 Å². The number of rotatable bonds is 5. The zero-order valence-corrected chi connectivity index (χ0v) is 14.5. The van der Waals surface area contributed by atoms with E-state index in [0.29, 0.717) is 5.75 Å². The minimum atomic E-state index is 0.0912. The van der Waals surface area contributed by atoms with Crippen LogP contribution < -0.4 is 0 Å². The van der Waals surface area contributed by atoms with E-state index >= 15 is 0 Å². The number of hydrogen-bond acceptors (Lipinski definition) is 4. The minimum Gasteiger partial charge on any atom is -0.293 e. The number of nitrogens with zero attached hydrogens (tertiary/aromatic N) is 2. The van der Waals surface area contributed by atoms with Crippen LogP contribution in [0, 0.1) is 0 Å². The van der Waals surface area contributed by atoms with Crippen LogP contribution >= 0.6 is 27.7 Å². The van der Waals surface area contributed by atoms with Crippen LogP contribution in [0.5, 0.6) is 0 Å². The zero-order chi connectivity index (χ0) is 16.1. The molecule has 0 radical (unpaired) electrons. The number of halogens is 1. The molecule has 0 aliphatic heterocycles. The Morgan fingerprint density at radius 2 is 1.78 bits per heavy atom. The molecule has 114 valence electrons. The fraction of sp³-hybridized carbons (Fsp3) is 0.0556. The van der Waals surface area contributed by atoms with Crippen LogP contribution in [0.15, 0.2) is 76.2 Å². The third-order valence-electron chi connectivity index (χ3n) is 3.21. The maximum Gasteiger partial charge on any atom is 0.173 e. The summed E-state index contributed by atoms with van der Waals surface area (Å²) in [7, 11) is 0. The van der Waals surface area contributed by atoms with E-state index < -0.39 is 0 Å². The van der Waals surface area contributed by atoms with Crippen molar-refractivity contribution in [1.82, 2.24) is 10.2 Å². The maximum absolute atomic E-state index is 12.1. The third-order valence-corrected chi connectivity index (χ3v) is 4.62. The van der Waals surface area contributed by atoms with Gasteiger partial charge in [-0.1, -0.05) is 70.2 Å². The third kappa shape index (κ3) is 4.27. The summed E-state index contributed by atoms with van der Waals surface area (Å²) in [6.07, 6.45) is 0. The summed E-state index contributed by atoms with van der Waals surface area (Å²) in [5, 5.41) is 9.18. The molecule has 0 N–H and O–H groups in total. The largest absolute Gasteiger partial charge is 0.293 e. The van der Waals surface area contributed by atoms with Crippen molar-refractivity contribution in [2.45, 2.75) is 5.03 Å². The Labute approximate surface area is 147 Å². The van der Waals surface area contributed by atoms with Gasteiger partial charge in [0.15, 0.2) is 5.78 Å². The molecule has 1 heterocycles. The molecule has 0 fully saturated rings. The molecule has 5 heteroatoms. The highest BCUT2D eigenvalue weighted by Gasteiger charge is 2.07. The Kier molecular flexibility index (Phi) is 5.20. The van der Waals surface area contributed by atoms with Crippen LogP contribution in [0.4, 0.5) is 0 Å². The number of carbonyl (C=O) groups is 1. The fourth-order valence-electron chi connectivity index (χ4n) is 2.05. The Morgan fingerprint density at radius 1 is 0.957 bits per heavy atom. The van der Waals surface area contributed by atoms with E-state index in [1.165, 1.54) is 11.8 Å². The molecule has 0 bridgehead atoms. The second-order valence-electron chi connectivity index (χ2n) is 4.85. The topological polar surface area (TPSA) is 42.9 Å². The molecule has 0 aliphatic carbocycles. The van der Waals surface area contributed by atoms with Gasteiger partial charge in [-0.25, -0.2) is 0 Å². The van der Waals surface area contributed by atoms with Crippen LogP contribution in [0.25, 0.3) is 11.3 Å². The first kappa shape index (κ1) is 15.9. The summed E-state index contributed by atoms with van der Waals surface area (Å²) in [5.41, 5.74) is 2.53. The average Bonchev–Trinajstić information content (AvgIpc) is 2.61. The van der Waals surface area contributed by atoms with Gasteiger partial charge in [0.1, 0.15) is 5.03 Å². The summed E-state index contributed by atoms with van der Waals surface area (Å²) >= 11 is 4.85. The number of benzene rings is 2. The molecule has 23 heavy (non-hydrogen) atoms. The summed E-state index contributed by atoms with van der Waals surface area (Å²) in [5.74, 6) is 0.447. The average molecular weight is 385 g/mol. The summed E-state index contributed by atoms with van der Waals surface area (Å²) in [6, 6.07) is 21.0. The SMILES string of the molecule is O=C(CSc1ccc(-c2cccc(Br)c2)nn1)c1ccccc1. The Morgan fingerprint density at radius 3 is 2.48 bits per heavy atom. The molecule has 1 aromatic heterocycles. The van der Waals surface area contributed by atoms with Gasteiger partial charge in [-0.3, -0.25) is 4.79 Å². The molecule has 0 saturated carbocycles. The Bertz CT molecular complexity index is 807. The van der Waals surface area contributed by atoms with E-state index in [1.54, 1.807) is 0 Å². The van der Waals surface area contributed by atoms with Gasteiger partial charge in [0, 0.05) is 15.6 Å². The van der Waals surface area contributed by atoms with E-state index in [1.807, 2.05) is 66.7 Å². The van der Waals surface area contributed by atoms with Gasteiger partial charge < -0.3 is 0 Å². The number of Topliss-reactive ketones (excluding diaryl/α,β-unsaturated/α-hetero) is 1. The lowest BCUT2D eigenvalue weighted by molar-refractivity contribution is 0.102. The number of hydrogen-bond donors (Lipinski definition) is 0. The standard InChI is InChI=1S/C18H13BrN2OS/c19-15-8-4-7-14(11-15)16-9-10-18(21-20-16)23-12-17(22)13-5-2-1-3-6-13/h1-11H,12H2. The first-order valence-corrected chi connectivity index (χ1v) is 8.81. The molecule has 0 atom stereocenters. The van der Waals surface area contributed by atoms with Crippen LogP contribution in [-0.4, -0.2) is 21.7 Å². The molecule has 3 rings (SSSR count). The van der Waals surface area contributed by atoms with Crippen molar-refractivity contribution in [2.75, 3.05) is 5.75 Å². The predicted octanol–water partition coefficient (Wildman–Crippen LogP) is 4.88. The lowest BCUT2D eigenvalue weighted by Gasteiger charge is -2.03. The van der Waals surface area contributed by atoms with E-state index in [4.69, 9.17) is 0 Å². The highest BCUT2D eigenvalue weighted by Crippen LogP contribution is 2.23.